The number of amides is 2. The first-order chi connectivity index (χ1) is 17.2. The zero-order valence-corrected chi connectivity index (χ0v) is 20.1. The van der Waals surface area contributed by atoms with Crippen LogP contribution in [-0.2, 0) is 25.8 Å². The van der Waals surface area contributed by atoms with E-state index < -0.39 is 41.5 Å². The van der Waals surface area contributed by atoms with Gasteiger partial charge in [-0.05, 0) is 0 Å². The molecule has 0 aliphatic carbocycles. The number of thioether (sulfide) groups is 1. The molecule has 2 atom stereocenters. The zero-order chi connectivity index (χ0) is 26.0. The van der Waals surface area contributed by atoms with E-state index in [0.717, 1.165) is 16.2 Å². The maximum absolute atomic E-state index is 12.9. The number of anilines is 1. The number of β-lactam (4-membered cyclic amide) rings is 1. The molecule has 1 saturated heterocycles. The van der Waals surface area contributed by atoms with Crippen LogP contribution in [0.1, 0.15) is 5.69 Å². The van der Waals surface area contributed by atoms with Crippen LogP contribution in [-0.4, -0.2) is 69.4 Å². The first-order valence-electron chi connectivity index (χ1n) is 10.2. The number of nitrogens with two attached hydrogens (primary N) is 1. The molecular formula is C20H19F2N6O6S2+. The van der Waals surface area contributed by atoms with Crippen LogP contribution in [0, 0.1) is 0 Å². The van der Waals surface area contributed by atoms with Gasteiger partial charge in [-0.3, -0.25) is 14.5 Å². The third-order valence-electron chi connectivity index (χ3n) is 5.21. The molecule has 2 aromatic heterocycles. The van der Waals surface area contributed by atoms with Crippen molar-refractivity contribution in [1.29, 1.82) is 0 Å². The number of carbonyl (C=O) groups is 3. The van der Waals surface area contributed by atoms with Gasteiger partial charge in [-0.15, -0.1) is 23.1 Å². The number of nitrogens with one attached hydrogen (secondary N) is 1. The lowest BCUT2D eigenvalue weighted by Gasteiger charge is -2.49. The van der Waals surface area contributed by atoms with Crippen molar-refractivity contribution in [2.24, 2.45) is 5.16 Å². The minimum absolute atomic E-state index is 0.0646. The second kappa shape index (κ2) is 10.4. The molecule has 2 aliphatic heterocycles. The minimum atomic E-state index is -3.29. The number of carboxylic acid groups (broad SMARTS) is 1. The number of halogens is 2. The van der Waals surface area contributed by atoms with Crippen LogP contribution in [0.5, 0.6) is 5.75 Å². The Balaban J connectivity index is 1.52. The number of carbonyl (C=O) groups excluding carboxylic acids is 2. The van der Waals surface area contributed by atoms with Crippen LogP contribution in [0.4, 0.5) is 13.9 Å². The number of methoxy groups -OCH3 is 1. The van der Waals surface area contributed by atoms with Crippen molar-refractivity contribution in [2.45, 2.75) is 24.6 Å². The topological polar surface area (TPSA) is 160 Å². The number of aliphatic carboxylic acids is 1. The van der Waals surface area contributed by atoms with Crippen LogP contribution >= 0.6 is 23.1 Å². The van der Waals surface area contributed by atoms with Gasteiger partial charge in [0.1, 0.15) is 28.6 Å². The fourth-order valence-corrected chi connectivity index (χ4v) is 5.50. The number of nitrogen functional groups attached to an aromatic ring is 1. The molecule has 4 rings (SSSR count). The van der Waals surface area contributed by atoms with E-state index in [-0.39, 0.29) is 28.8 Å². The third kappa shape index (κ3) is 5.08. The van der Waals surface area contributed by atoms with E-state index in [4.69, 9.17) is 10.5 Å². The zero-order valence-electron chi connectivity index (χ0n) is 18.5. The first kappa shape index (κ1) is 25.3. The summed E-state index contributed by atoms with van der Waals surface area (Å²) in [6.45, 7) is -3.07. The third-order valence-corrected chi connectivity index (χ3v) is 7.22. The average Bonchev–Trinajstić information content (AvgIpc) is 3.28. The standard InChI is InChI=1S/C20H18F2N6O6S2/c1-33-10-2-4-27(5-3-10)6-9-7-35-17-13(16(30)28(17)14(9)18(31)32)25-15(29)12(26-34-19(21)22)11-8-36-20(23)24-11/h2-5,8,13,17,19H,6-7H2,1H3,(H3-,23,24,25,29,31,32)/p+1/t13?,17-/m1/s1. The van der Waals surface area contributed by atoms with E-state index in [2.05, 4.69) is 20.3 Å². The van der Waals surface area contributed by atoms with Gasteiger partial charge in [0.25, 0.3) is 11.8 Å². The highest BCUT2D eigenvalue weighted by molar-refractivity contribution is 8.00. The molecule has 190 valence electrons. The number of pyridine rings is 1. The first-order valence-corrected chi connectivity index (χ1v) is 12.1. The predicted octanol–water partition coefficient (Wildman–Crippen LogP) is 0.404. The molecule has 16 heteroatoms. The van der Waals surface area contributed by atoms with E-state index in [1.165, 1.54) is 24.3 Å². The smallest absolute Gasteiger partial charge is 0.407 e. The van der Waals surface area contributed by atoms with Crippen LogP contribution in [0.25, 0.3) is 0 Å². The molecule has 4 heterocycles. The maximum atomic E-state index is 12.9. The molecule has 2 aromatic rings. The summed E-state index contributed by atoms with van der Waals surface area (Å²) in [6, 6.07) is 2.32. The Labute approximate surface area is 210 Å². The number of rotatable bonds is 9. The van der Waals surface area contributed by atoms with Crippen LogP contribution in [0.3, 0.4) is 0 Å². The summed E-state index contributed by atoms with van der Waals surface area (Å²) in [6.07, 6.45) is 3.44. The minimum Gasteiger partial charge on any atom is -0.496 e. The Hall–Kier alpha value is -3.79. The van der Waals surface area contributed by atoms with Gasteiger partial charge >= 0.3 is 12.6 Å². The Kier molecular flexibility index (Phi) is 7.35. The molecule has 0 radical (unpaired) electrons. The number of aromatic nitrogens is 2. The summed E-state index contributed by atoms with van der Waals surface area (Å²) in [4.78, 5) is 46.6. The molecule has 1 unspecified atom stereocenters. The predicted molar refractivity (Wildman–Crippen MR) is 123 cm³/mol. The van der Waals surface area contributed by atoms with E-state index in [1.807, 2.05) is 0 Å². The van der Waals surface area contributed by atoms with Crippen molar-refractivity contribution in [2.75, 3.05) is 18.6 Å². The largest absolute Gasteiger partial charge is 0.496 e. The van der Waals surface area contributed by atoms with Gasteiger partial charge < -0.3 is 25.7 Å². The summed E-state index contributed by atoms with van der Waals surface area (Å²) in [7, 11) is 1.53. The second-order valence-corrected chi connectivity index (χ2v) is 9.40. The molecule has 1 fully saturated rings. The summed E-state index contributed by atoms with van der Waals surface area (Å²) < 4.78 is 31.9. The van der Waals surface area contributed by atoms with E-state index in [9.17, 15) is 28.3 Å². The van der Waals surface area contributed by atoms with Crippen LogP contribution < -0.4 is 20.4 Å². The van der Waals surface area contributed by atoms with E-state index >= 15 is 0 Å². The van der Waals surface area contributed by atoms with Gasteiger partial charge in [-0.1, -0.05) is 5.16 Å². The maximum Gasteiger partial charge on any atom is 0.407 e. The van der Waals surface area contributed by atoms with Crippen molar-refractivity contribution >= 4 is 51.7 Å². The highest BCUT2D eigenvalue weighted by Gasteiger charge is 2.54. The summed E-state index contributed by atoms with van der Waals surface area (Å²) in [5.74, 6) is -2.04. The van der Waals surface area contributed by atoms with Gasteiger partial charge in [0.2, 0.25) is 0 Å². The molecule has 0 saturated carbocycles. The number of alkyl halides is 2. The molecule has 36 heavy (non-hydrogen) atoms. The van der Waals surface area contributed by atoms with Crippen LogP contribution in [0.2, 0.25) is 0 Å². The molecule has 0 spiro atoms. The fourth-order valence-electron chi connectivity index (χ4n) is 3.61. The van der Waals surface area contributed by atoms with Gasteiger partial charge in [0.15, 0.2) is 29.8 Å². The lowest BCUT2D eigenvalue weighted by molar-refractivity contribution is -0.689. The number of oxime groups is 1. The lowest BCUT2D eigenvalue weighted by atomic mass is 10.0. The van der Waals surface area contributed by atoms with E-state index in [0.29, 0.717) is 11.3 Å². The van der Waals surface area contributed by atoms with Crippen LogP contribution in [0.15, 0.2) is 46.3 Å². The highest BCUT2D eigenvalue weighted by Crippen LogP contribution is 2.40. The molecule has 0 aromatic carbocycles. The summed E-state index contributed by atoms with van der Waals surface area (Å²) in [5.41, 5.74) is 5.17. The number of ether oxygens (including phenoxy) is 1. The molecule has 4 N–H and O–H groups in total. The number of hydrogen-bond acceptors (Lipinski definition) is 10. The van der Waals surface area contributed by atoms with Crippen molar-refractivity contribution in [3.8, 4) is 5.75 Å². The Bertz CT molecular complexity index is 1250. The molecule has 2 aliphatic rings. The number of carboxylic acids is 1. The fraction of sp³-hybridized carbons (Fsp3) is 0.300. The van der Waals surface area contributed by atoms with Crippen molar-refractivity contribution in [3.63, 3.8) is 0 Å². The SMILES string of the molecule is COc1cc[n+](CC2=C(C(=O)O)N3C(=O)C(NC(=O)C(=NOC(F)F)c4csc(N)n4)[C@H]3SC2)cc1. The van der Waals surface area contributed by atoms with Crippen molar-refractivity contribution in [1.82, 2.24) is 15.2 Å². The Morgan fingerprint density at radius 2 is 2.14 bits per heavy atom. The summed E-state index contributed by atoms with van der Waals surface area (Å²) >= 11 is 2.21. The van der Waals surface area contributed by atoms with Crippen molar-refractivity contribution in [3.05, 3.63) is 46.9 Å². The van der Waals surface area contributed by atoms with Gasteiger partial charge in [-0.25, -0.2) is 14.3 Å². The summed E-state index contributed by atoms with van der Waals surface area (Å²) in [5, 5.41) is 16.1. The number of hydrogen-bond donors (Lipinski definition) is 3. The molecule has 12 nitrogen and oxygen atoms in total. The Morgan fingerprint density at radius 3 is 2.72 bits per heavy atom. The molecule has 0 bridgehead atoms. The average molecular weight is 542 g/mol. The number of fused-ring (bicyclic) bond motifs is 1. The van der Waals surface area contributed by atoms with E-state index in [1.54, 1.807) is 29.1 Å². The van der Waals surface area contributed by atoms with Gasteiger partial charge in [-0.2, -0.15) is 8.78 Å². The molecule has 2 amide bonds. The lowest BCUT2D eigenvalue weighted by Crippen LogP contribution is -2.71. The molecular weight excluding hydrogens is 522 g/mol. The number of nitrogens with zero attached hydrogens (tertiary/aromatic N) is 4. The normalized spacial score (nSPS) is 19.6. The highest BCUT2D eigenvalue weighted by atomic mass is 32.2. The van der Waals surface area contributed by atoms with Gasteiger partial charge in [0.05, 0.1) is 7.11 Å². The Morgan fingerprint density at radius 1 is 1.42 bits per heavy atom. The van der Waals surface area contributed by atoms with Gasteiger partial charge in [0, 0.05) is 28.8 Å². The number of thiazole rings is 1. The second-order valence-electron chi connectivity index (χ2n) is 7.41. The van der Waals surface area contributed by atoms with Crippen molar-refractivity contribution < 1.29 is 42.4 Å². The quantitative estimate of drug-likeness (QED) is 0.177. The monoisotopic (exact) mass is 541 g/mol.